The molecule has 2 rings (SSSR count). The van der Waals surface area contributed by atoms with Crippen LogP contribution < -0.4 is 10.6 Å². The van der Waals surface area contributed by atoms with Crippen molar-refractivity contribution < 1.29 is 9.47 Å². The number of hydrogen-bond donors (Lipinski definition) is 1. The average Bonchev–Trinajstić information content (AvgIpc) is 2.81. The van der Waals surface area contributed by atoms with Crippen molar-refractivity contribution in [2.75, 3.05) is 32.2 Å². The number of halogens is 1. The van der Waals surface area contributed by atoms with Crippen molar-refractivity contribution in [1.29, 1.82) is 0 Å². The lowest BCUT2D eigenvalue weighted by molar-refractivity contribution is -0.00461. The molecule has 2 N–H and O–H groups in total. The molecule has 1 fully saturated rings. The van der Waals surface area contributed by atoms with Crippen LogP contribution in [0.2, 0.25) is 0 Å². The molecule has 0 bridgehead atoms. The van der Waals surface area contributed by atoms with E-state index in [9.17, 15) is 0 Å². The summed E-state index contributed by atoms with van der Waals surface area (Å²) < 4.78 is 11.9. The summed E-state index contributed by atoms with van der Waals surface area (Å²) >= 11 is 8.60. The average molecular weight is 345 g/mol. The molecule has 0 spiro atoms. The molecule has 0 amide bonds. The summed E-state index contributed by atoms with van der Waals surface area (Å²) in [5.74, 6) is 0. The molecule has 2 atom stereocenters. The van der Waals surface area contributed by atoms with Crippen LogP contribution in [0, 0.1) is 0 Å². The maximum absolute atomic E-state index is 5.79. The number of nitrogens with two attached hydrogens (primary N) is 1. The van der Waals surface area contributed by atoms with E-state index in [-0.39, 0.29) is 12.2 Å². The summed E-state index contributed by atoms with van der Waals surface area (Å²) in [4.78, 5) is 2.60. The number of rotatable bonds is 4. The summed E-state index contributed by atoms with van der Waals surface area (Å²) in [6.45, 7) is 1.53. The zero-order chi connectivity index (χ0) is 14.0. The molecule has 1 aromatic rings. The monoisotopic (exact) mass is 344 g/mol. The molecule has 1 aliphatic rings. The molecule has 0 saturated carbocycles. The Balaban J connectivity index is 2.32. The van der Waals surface area contributed by atoms with Gasteiger partial charge in [0.1, 0.15) is 17.2 Å². The predicted octanol–water partition coefficient (Wildman–Crippen LogP) is 1.93. The molecule has 19 heavy (non-hydrogen) atoms. The van der Waals surface area contributed by atoms with Crippen LogP contribution in [0.15, 0.2) is 22.7 Å². The van der Waals surface area contributed by atoms with Gasteiger partial charge in [0.2, 0.25) is 0 Å². The van der Waals surface area contributed by atoms with Crippen molar-refractivity contribution in [2.45, 2.75) is 12.2 Å². The second-order valence-corrected chi connectivity index (χ2v) is 5.83. The van der Waals surface area contributed by atoms with Crippen molar-refractivity contribution in [1.82, 2.24) is 0 Å². The van der Waals surface area contributed by atoms with Crippen molar-refractivity contribution in [3.8, 4) is 0 Å². The zero-order valence-electron chi connectivity index (χ0n) is 10.9. The van der Waals surface area contributed by atoms with E-state index in [1.807, 2.05) is 18.2 Å². The van der Waals surface area contributed by atoms with Gasteiger partial charge in [0.15, 0.2) is 0 Å². The van der Waals surface area contributed by atoms with E-state index in [1.165, 1.54) is 0 Å². The van der Waals surface area contributed by atoms with Crippen LogP contribution in [0.3, 0.4) is 0 Å². The lowest BCUT2D eigenvalue weighted by Crippen LogP contribution is -2.27. The SMILES string of the molecule is COC1CN(c2cc(Br)ccc2C(N)=S)CC1OC. The van der Waals surface area contributed by atoms with Crippen LogP contribution in [0.25, 0.3) is 0 Å². The number of anilines is 1. The third-order valence-corrected chi connectivity index (χ3v) is 4.10. The maximum atomic E-state index is 5.79. The molecule has 2 unspecified atom stereocenters. The molecule has 1 saturated heterocycles. The highest BCUT2D eigenvalue weighted by atomic mass is 79.9. The Morgan fingerprint density at radius 2 is 1.89 bits per heavy atom. The fourth-order valence-electron chi connectivity index (χ4n) is 2.37. The van der Waals surface area contributed by atoms with Crippen LogP contribution in [0.4, 0.5) is 5.69 Å². The second kappa shape index (κ2) is 6.17. The highest BCUT2D eigenvalue weighted by Gasteiger charge is 2.34. The van der Waals surface area contributed by atoms with E-state index in [4.69, 9.17) is 27.4 Å². The molecule has 1 heterocycles. The zero-order valence-corrected chi connectivity index (χ0v) is 13.3. The molecule has 1 aromatic carbocycles. The van der Waals surface area contributed by atoms with Gasteiger partial charge >= 0.3 is 0 Å². The highest BCUT2D eigenvalue weighted by Crippen LogP contribution is 2.29. The van der Waals surface area contributed by atoms with Gasteiger partial charge in [-0.15, -0.1) is 0 Å². The van der Waals surface area contributed by atoms with E-state index >= 15 is 0 Å². The summed E-state index contributed by atoms with van der Waals surface area (Å²) in [5.41, 5.74) is 7.69. The fourth-order valence-corrected chi connectivity index (χ4v) is 2.89. The van der Waals surface area contributed by atoms with E-state index in [2.05, 4.69) is 20.8 Å². The number of thiocarbonyl (C=S) groups is 1. The first-order valence-electron chi connectivity index (χ1n) is 5.96. The molecule has 0 aliphatic carbocycles. The Labute approximate surface area is 127 Å². The number of ether oxygens (including phenoxy) is 2. The first-order chi connectivity index (χ1) is 9.06. The van der Waals surface area contributed by atoms with E-state index in [1.54, 1.807) is 14.2 Å². The molecule has 4 nitrogen and oxygen atoms in total. The standard InChI is InChI=1S/C13H17BrN2O2S/c1-17-11-6-16(7-12(11)18-2)10-5-8(14)3-4-9(10)13(15)19/h3-5,11-12H,6-7H2,1-2H3,(H2,15,19). The molecule has 104 valence electrons. The van der Waals surface area contributed by atoms with Gasteiger partial charge in [-0.25, -0.2) is 0 Å². The Bertz CT molecular complexity index is 472. The summed E-state index contributed by atoms with van der Waals surface area (Å²) in [7, 11) is 3.41. The first kappa shape index (κ1) is 14.7. The van der Waals surface area contributed by atoms with Gasteiger partial charge in [0, 0.05) is 43.0 Å². The minimum Gasteiger partial charge on any atom is -0.389 e. The van der Waals surface area contributed by atoms with Crippen LogP contribution in [0.1, 0.15) is 5.56 Å². The molecule has 6 heteroatoms. The molecule has 0 radical (unpaired) electrons. The summed E-state index contributed by atoms with van der Waals surface area (Å²) in [6, 6.07) is 5.90. The Hall–Kier alpha value is -0.690. The number of benzene rings is 1. The quantitative estimate of drug-likeness (QED) is 0.845. The molecule has 0 aromatic heterocycles. The van der Waals surface area contributed by atoms with Crippen LogP contribution in [-0.4, -0.2) is 44.5 Å². The number of methoxy groups -OCH3 is 2. The van der Waals surface area contributed by atoms with Gasteiger partial charge in [-0.05, 0) is 18.2 Å². The summed E-state index contributed by atoms with van der Waals surface area (Å²) in [5, 5.41) is 0. The highest BCUT2D eigenvalue weighted by molar-refractivity contribution is 9.10. The van der Waals surface area contributed by atoms with Crippen LogP contribution in [-0.2, 0) is 9.47 Å². The minimum atomic E-state index is 0.0585. The fraction of sp³-hybridized carbons (Fsp3) is 0.462. The molecule has 1 aliphatic heterocycles. The number of hydrogen-bond acceptors (Lipinski definition) is 4. The van der Waals surface area contributed by atoms with Crippen molar-refractivity contribution >= 4 is 38.8 Å². The van der Waals surface area contributed by atoms with E-state index < -0.39 is 0 Å². The first-order valence-corrected chi connectivity index (χ1v) is 7.16. The van der Waals surface area contributed by atoms with E-state index in [0.717, 1.165) is 28.8 Å². The smallest absolute Gasteiger partial charge is 0.106 e. The largest absolute Gasteiger partial charge is 0.389 e. The third-order valence-electron chi connectivity index (χ3n) is 3.39. The third kappa shape index (κ3) is 3.08. The van der Waals surface area contributed by atoms with E-state index in [0.29, 0.717) is 4.99 Å². The topological polar surface area (TPSA) is 47.7 Å². The van der Waals surface area contributed by atoms with Crippen LogP contribution in [0.5, 0.6) is 0 Å². The van der Waals surface area contributed by atoms with Gasteiger partial charge in [0.05, 0.1) is 0 Å². The predicted molar refractivity (Wildman–Crippen MR) is 83.8 cm³/mol. The second-order valence-electron chi connectivity index (χ2n) is 4.48. The molecular formula is C13H17BrN2O2S. The van der Waals surface area contributed by atoms with Gasteiger partial charge in [-0.2, -0.15) is 0 Å². The van der Waals surface area contributed by atoms with Gasteiger partial charge in [-0.3, -0.25) is 0 Å². The lowest BCUT2D eigenvalue weighted by Gasteiger charge is -2.21. The molecular weight excluding hydrogens is 328 g/mol. The van der Waals surface area contributed by atoms with Gasteiger partial charge in [-0.1, -0.05) is 28.1 Å². The Morgan fingerprint density at radius 3 is 2.37 bits per heavy atom. The van der Waals surface area contributed by atoms with Crippen molar-refractivity contribution in [3.63, 3.8) is 0 Å². The number of nitrogens with zero attached hydrogens (tertiary/aromatic N) is 1. The van der Waals surface area contributed by atoms with Gasteiger partial charge in [0.25, 0.3) is 0 Å². The minimum absolute atomic E-state index is 0.0585. The normalized spacial score (nSPS) is 22.8. The maximum Gasteiger partial charge on any atom is 0.106 e. The van der Waals surface area contributed by atoms with Gasteiger partial charge < -0.3 is 20.1 Å². The van der Waals surface area contributed by atoms with Crippen LogP contribution >= 0.6 is 28.1 Å². The van der Waals surface area contributed by atoms with Crippen molar-refractivity contribution in [3.05, 3.63) is 28.2 Å². The Morgan fingerprint density at radius 1 is 1.32 bits per heavy atom. The van der Waals surface area contributed by atoms with Crippen molar-refractivity contribution in [2.24, 2.45) is 5.73 Å². The Kier molecular flexibility index (Phi) is 4.78. The summed E-state index contributed by atoms with van der Waals surface area (Å²) in [6.07, 6.45) is 0.117. The lowest BCUT2D eigenvalue weighted by atomic mass is 10.1.